The van der Waals surface area contributed by atoms with Crippen molar-refractivity contribution in [2.75, 3.05) is 7.11 Å². The van der Waals surface area contributed by atoms with Crippen LogP contribution in [0.5, 0.6) is 0 Å². The van der Waals surface area contributed by atoms with Crippen molar-refractivity contribution in [3.63, 3.8) is 0 Å². The summed E-state index contributed by atoms with van der Waals surface area (Å²) in [4.78, 5) is 23.3. The van der Waals surface area contributed by atoms with Crippen molar-refractivity contribution >= 4 is 12.1 Å². The summed E-state index contributed by atoms with van der Waals surface area (Å²) in [6, 6.07) is 7.13. The quantitative estimate of drug-likeness (QED) is 0.658. The Kier molecular flexibility index (Phi) is 5.93. The second-order valence-electron chi connectivity index (χ2n) is 6.04. The zero-order valence-electron chi connectivity index (χ0n) is 13.7. The number of nitrogens with one attached hydrogen (secondary N) is 1. The largest absolute Gasteiger partial charge is 0.469 e. The lowest BCUT2D eigenvalue weighted by atomic mass is 9.98. The van der Waals surface area contributed by atoms with E-state index in [1.165, 1.54) is 7.11 Å². The Morgan fingerprint density at radius 1 is 1.23 bits per heavy atom. The number of alkyl carbamates (subject to hydrolysis) is 1. The molecule has 0 bridgehead atoms. The number of nitrogens with two attached hydrogens (primary N) is 1. The zero-order valence-corrected chi connectivity index (χ0v) is 13.7. The molecule has 0 aliphatic heterocycles. The van der Waals surface area contributed by atoms with E-state index in [1.807, 2.05) is 6.07 Å². The summed E-state index contributed by atoms with van der Waals surface area (Å²) in [5, 5.41) is 2.56. The van der Waals surface area contributed by atoms with Crippen molar-refractivity contribution in [3.05, 3.63) is 35.4 Å². The molecule has 0 aliphatic carbocycles. The van der Waals surface area contributed by atoms with Gasteiger partial charge in [0.25, 0.3) is 0 Å². The van der Waals surface area contributed by atoms with Crippen LogP contribution in [-0.4, -0.2) is 24.8 Å². The van der Waals surface area contributed by atoms with Crippen molar-refractivity contribution in [1.29, 1.82) is 0 Å². The Morgan fingerprint density at radius 3 is 2.36 bits per heavy atom. The molecule has 1 aromatic rings. The van der Waals surface area contributed by atoms with Gasteiger partial charge in [-0.25, -0.2) is 4.79 Å². The molecule has 0 saturated carbocycles. The first-order valence-electron chi connectivity index (χ1n) is 7.07. The normalized spacial score (nSPS) is 13.9. The van der Waals surface area contributed by atoms with Crippen LogP contribution < -0.4 is 11.1 Å². The first-order chi connectivity index (χ1) is 10.1. The van der Waals surface area contributed by atoms with E-state index in [0.29, 0.717) is 5.56 Å². The summed E-state index contributed by atoms with van der Waals surface area (Å²) in [5.74, 6) is -0.732. The fourth-order valence-electron chi connectivity index (χ4n) is 1.85. The Bertz CT molecular complexity index is 537. The van der Waals surface area contributed by atoms with Gasteiger partial charge in [-0.1, -0.05) is 24.3 Å². The maximum absolute atomic E-state index is 11.7. The maximum atomic E-state index is 11.7. The number of methoxy groups -OCH3 is 1. The second kappa shape index (κ2) is 7.26. The van der Waals surface area contributed by atoms with Gasteiger partial charge < -0.3 is 20.5 Å². The van der Waals surface area contributed by atoms with E-state index in [-0.39, 0.29) is 5.97 Å². The van der Waals surface area contributed by atoms with E-state index in [1.54, 1.807) is 45.9 Å². The Balaban J connectivity index is 2.80. The molecule has 6 heteroatoms. The van der Waals surface area contributed by atoms with E-state index in [2.05, 4.69) is 5.32 Å². The first kappa shape index (κ1) is 18.0. The summed E-state index contributed by atoms with van der Waals surface area (Å²) in [6.07, 6.45) is -1.31. The van der Waals surface area contributed by atoms with Crippen LogP contribution in [0.3, 0.4) is 0 Å². The predicted octanol–water partition coefficient (Wildman–Crippen LogP) is 2.45. The van der Waals surface area contributed by atoms with Crippen LogP contribution in [0.15, 0.2) is 24.3 Å². The number of benzene rings is 1. The smallest absolute Gasteiger partial charge is 0.409 e. The first-order valence-corrected chi connectivity index (χ1v) is 7.07. The molecule has 0 radical (unpaired) electrons. The number of hydrogen-bond acceptors (Lipinski definition) is 5. The molecule has 1 amide bonds. The molecule has 1 aromatic carbocycles. The molecule has 3 N–H and O–H groups in total. The van der Waals surface area contributed by atoms with E-state index in [9.17, 15) is 9.59 Å². The summed E-state index contributed by atoms with van der Waals surface area (Å²) in [5.41, 5.74) is 6.82. The van der Waals surface area contributed by atoms with Gasteiger partial charge in [-0.2, -0.15) is 0 Å². The maximum Gasteiger partial charge on any atom is 0.409 e. The average Bonchev–Trinajstić information content (AvgIpc) is 2.43. The van der Waals surface area contributed by atoms with Gasteiger partial charge in [0.1, 0.15) is 11.8 Å². The Morgan fingerprint density at radius 2 is 1.82 bits per heavy atom. The lowest BCUT2D eigenvalue weighted by molar-refractivity contribution is -0.142. The SMILES string of the molecule is COC(=O)C(C)c1cccc(C(N)NC(=O)OC(C)(C)C)c1. The van der Waals surface area contributed by atoms with E-state index in [0.717, 1.165) is 5.56 Å². The molecule has 122 valence electrons. The van der Waals surface area contributed by atoms with Crippen LogP contribution in [0.1, 0.15) is 50.9 Å². The van der Waals surface area contributed by atoms with Crippen LogP contribution >= 0.6 is 0 Å². The fraction of sp³-hybridized carbons (Fsp3) is 0.500. The highest BCUT2D eigenvalue weighted by Crippen LogP contribution is 2.20. The van der Waals surface area contributed by atoms with Crippen LogP contribution in [0.4, 0.5) is 4.79 Å². The highest BCUT2D eigenvalue weighted by molar-refractivity contribution is 5.77. The number of amides is 1. The average molecular weight is 308 g/mol. The number of hydrogen-bond donors (Lipinski definition) is 2. The zero-order chi connectivity index (χ0) is 16.9. The van der Waals surface area contributed by atoms with Gasteiger partial charge in [0.15, 0.2) is 0 Å². The van der Waals surface area contributed by atoms with Crippen molar-refractivity contribution in [2.45, 2.75) is 45.4 Å². The van der Waals surface area contributed by atoms with Crippen molar-refractivity contribution in [2.24, 2.45) is 5.73 Å². The lowest BCUT2D eigenvalue weighted by Crippen LogP contribution is -2.38. The highest BCUT2D eigenvalue weighted by Gasteiger charge is 2.20. The Hall–Kier alpha value is -2.08. The molecule has 6 nitrogen and oxygen atoms in total. The van der Waals surface area contributed by atoms with E-state index < -0.39 is 23.8 Å². The van der Waals surface area contributed by atoms with E-state index in [4.69, 9.17) is 15.2 Å². The molecule has 22 heavy (non-hydrogen) atoms. The molecule has 0 spiro atoms. The van der Waals surface area contributed by atoms with Crippen molar-refractivity contribution in [3.8, 4) is 0 Å². The van der Waals surface area contributed by atoms with Gasteiger partial charge in [-0.05, 0) is 38.8 Å². The van der Waals surface area contributed by atoms with Crippen LogP contribution in [0, 0.1) is 0 Å². The molecule has 0 aromatic heterocycles. The summed E-state index contributed by atoms with van der Waals surface area (Å²) >= 11 is 0. The van der Waals surface area contributed by atoms with Crippen molar-refractivity contribution < 1.29 is 19.1 Å². The van der Waals surface area contributed by atoms with Crippen LogP contribution in [-0.2, 0) is 14.3 Å². The number of carbonyl (C=O) groups excluding carboxylic acids is 2. The third-order valence-electron chi connectivity index (χ3n) is 3.00. The molecule has 0 aliphatic rings. The van der Waals surface area contributed by atoms with Gasteiger partial charge in [-0.15, -0.1) is 0 Å². The van der Waals surface area contributed by atoms with Crippen LogP contribution in [0.25, 0.3) is 0 Å². The molecular weight excluding hydrogens is 284 g/mol. The number of carbonyl (C=O) groups is 2. The molecule has 0 saturated heterocycles. The highest BCUT2D eigenvalue weighted by atomic mass is 16.6. The molecule has 2 unspecified atom stereocenters. The van der Waals surface area contributed by atoms with Crippen molar-refractivity contribution in [1.82, 2.24) is 5.32 Å². The molecule has 1 rings (SSSR count). The summed E-state index contributed by atoms with van der Waals surface area (Å²) in [6.45, 7) is 7.07. The second-order valence-corrected chi connectivity index (χ2v) is 6.04. The van der Waals surface area contributed by atoms with E-state index >= 15 is 0 Å². The number of ether oxygens (including phenoxy) is 2. The lowest BCUT2D eigenvalue weighted by Gasteiger charge is -2.22. The molecule has 0 fully saturated rings. The summed E-state index contributed by atoms with van der Waals surface area (Å²) in [7, 11) is 1.35. The third kappa shape index (κ3) is 5.37. The van der Waals surface area contributed by atoms with Crippen LogP contribution in [0.2, 0.25) is 0 Å². The van der Waals surface area contributed by atoms with Gasteiger partial charge >= 0.3 is 12.1 Å². The minimum absolute atomic E-state index is 0.328. The minimum Gasteiger partial charge on any atom is -0.469 e. The number of esters is 1. The molecule has 0 heterocycles. The van der Waals surface area contributed by atoms with Gasteiger partial charge in [-0.3, -0.25) is 4.79 Å². The van der Waals surface area contributed by atoms with Gasteiger partial charge in [0.2, 0.25) is 0 Å². The van der Waals surface area contributed by atoms with Gasteiger partial charge in [0.05, 0.1) is 13.0 Å². The minimum atomic E-state index is -0.723. The molecular formula is C16H24N2O4. The summed E-state index contributed by atoms with van der Waals surface area (Å²) < 4.78 is 9.89. The fourth-order valence-corrected chi connectivity index (χ4v) is 1.85. The predicted molar refractivity (Wildman–Crippen MR) is 83.2 cm³/mol. The third-order valence-corrected chi connectivity index (χ3v) is 3.00. The monoisotopic (exact) mass is 308 g/mol. The Labute approximate surface area is 131 Å². The topological polar surface area (TPSA) is 90.6 Å². The van der Waals surface area contributed by atoms with Gasteiger partial charge in [0, 0.05) is 0 Å². The standard InChI is InChI=1S/C16H24N2O4/c1-10(14(19)21-5)11-7-6-8-12(9-11)13(17)18-15(20)22-16(2,3)4/h6-10,13H,17H2,1-5H3,(H,18,20). The number of rotatable bonds is 4. The molecule has 2 atom stereocenters.